The van der Waals surface area contributed by atoms with E-state index in [2.05, 4.69) is 149 Å². The molecule has 5 heteroatoms. The zero-order valence-electron chi connectivity index (χ0n) is 30.5. The molecule has 0 aliphatic rings. The number of fused-ring (bicyclic) bond motifs is 6. The number of furan rings is 1. The maximum Gasteiger partial charge on any atom is 0.143 e. The third kappa shape index (κ3) is 6.02. The summed E-state index contributed by atoms with van der Waals surface area (Å²) >= 11 is 0. The Morgan fingerprint density at radius 1 is 0.589 bits per heavy atom. The van der Waals surface area contributed by atoms with Crippen LogP contribution in [0.25, 0.3) is 77.4 Å². The summed E-state index contributed by atoms with van der Waals surface area (Å²) in [6.07, 6.45) is 5.64. The van der Waals surface area contributed by atoms with Gasteiger partial charge < -0.3 is 14.7 Å². The molecule has 5 nitrogen and oxygen atoms in total. The minimum absolute atomic E-state index is 0.537. The third-order valence-electron chi connectivity index (χ3n) is 10.6. The highest BCUT2D eigenvalue weighted by Gasteiger charge is 2.17. The minimum Gasteiger partial charge on any atom is -0.455 e. The molecule has 10 rings (SSSR count). The largest absolute Gasteiger partial charge is 0.455 e. The van der Waals surface area contributed by atoms with Crippen LogP contribution in [0.15, 0.2) is 204 Å². The van der Waals surface area contributed by atoms with Crippen molar-refractivity contribution in [2.75, 3.05) is 0 Å². The van der Waals surface area contributed by atoms with Crippen molar-refractivity contribution in [1.29, 1.82) is 0 Å². The topological polar surface area (TPSA) is 69.3 Å². The van der Waals surface area contributed by atoms with E-state index in [0.717, 1.165) is 83.3 Å². The zero-order valence-corrected chi connectivity index (χ0v) is 30.5. The Morgan fingerprint density at radius 2 is 1.30 bits per heavy atom. The molecule has 0 unspecified atom stereocenters. The van der Waals surface area contributed by atoms with Gasteiger partial charge in [0.15, 0.2) is 0 Å². The Bertz CT molecular complexity index is 3080. The first-order valence-electron chi connectivity index (χ1n) is 18.8. The lowest BCUT2D eigenvalue weighted by molar-refractivity contribution is 0.670. The van der Waals surface area contributed by atoms with E-state index in [4.69, 9.17) is 15.1 Å². The Hall–Kier alpha value is -7.50. The number of allylic oxidation sites excluding steroid dienone is 1. The average molecular weight is 721 g/mol. The van der Waals surface area contributed by atoms with E-state index in [1.54, 1.807) is 6.20 Å². The number of hydrogen-bond donors (Lipinski definition) is 1. The van der Waals surface area contributed by atoms with Crippen molar-refractivity contribution in [2.24, 2.45) is 10.7 Å². The Kier molecular flexibility index (Phi) is 8.30. The lowest BCUT2D eigenvalue weighted by atomic mass is 10.0. The quantitative estimate of drug-likeness (QED) is 0.159. The molecule has 0 aliphatic carbocycles. The molecule has 0 spiro atoms. The molecule has 3 aromatic heterocycles. The van der Waals surface area contributed by atoms with E-state index in [-0.39, 0.29) is 0 Å². The number of rotatable bonds is 8. The molecule has 56 heavy (non-hydrogen) atoms. The van der Waals surface area contributed by atoms with Crippen LogP contribution in [0.4, 0.5) is 0 Å². The summed E-state index contributed by atoms with van der Waals surface area (Å²) in [5.41, 5.74) is 20.8. The molecule has 0 fully saturated rings. The molecule has 0 saturated carbocycles. The van der Waals surface area contributed by atoms with Gasteiger partial charge in [0.2, 0.25) is 0 Å². The van der Waals surface area contributed by atoms with E-state index < -0.39 is 0 Å². The standard InChI is InChI=1S/C51H36N4O/c52-46(36-21-19-35(20-22-36)39-12-9-29-53-33-39)31-47(54-32-34-10-2-1-3-11-34)37-23-26-40(27-24-37)55-48-17-6-4-13-42(48)43-28-25-38(30-49(43)55)41-15-8-16-45-44-14-5-7-18-50(44)56-51(41)45/h1-31,33H,32,52H2/b46-31-,54-47+. The molecule has 266 valence electrons. The first-order chi connectivity index (χ1) is 27.7. The molecule has 10 aromatic rings. The second-order valence-electron chi connectivity index (χ2n) is 14.0. The van der Waals surface area contributed by atoms with Gasteiger partial charge in [-0.1, -0.05) is 140 Å². The Labute approximate surface area is 324 Å². The van der Waals surface area contributed by atoms with Gasteiger partial charge in [0.25, 0.3) is 0 Å². The van der Waals surface area contributed by atoms with Gasteiger partial charge in [0.05, 0.1) is 23.3 Å². The average Bonchev–Trinajstić information content (AvgIpc) is 3.81. The van der Waals surface area contributed by atoms with Crippen LogP contribution in [0.3, 0.4) is 0 Å². The van der Waals surface area contributed by atoms with Crippen LogP contribution >= 0.6 is 0 Å². The second-order valence-corrected chi connectivity index (χ2v) is 14.0. The van der Waals surface area contributed by atoms with Crippen molar-refractivity contribution in [1.82, 2.24) is 9.55 Å². The maximum atomic E-state index is 6.80. The lowest BCUT2D eigenvalue weighted by Gasteiger charge is -2.11. The summed E-state index contributed by atoms with van der Waals surface area (Å²) in [4.78, 5) is 9.37. The van der Waals surface area contributed by atoms with Gasteiger partial charge in [-0.25, -0.2) is 0 Å². The minimum atomic E-state index is 0.537. The number of nitrogens with two attached hydrogens (primary N) is 1. The number of benzene rings is 7. The fraction of sp³-hybridized carbons (Fsp3) is 0.0196. The number of pyridine rings is 1. The summed E-state index contributed by atoms with van der Waals surface area (Å²) in [6, 6.07) is 61.2. The van der Waals surface area contributed by atoms with Gasteiger partial charge in [-0.2, -0.15) is 0 Å². The lowest BCUT2D eigenvalue weighted by Crippen LogP contribution is -2.05. The highest BCUT2D eigenvalue weighted by atomic mass is 16.3. The zero-order chi connectivity index (χ0) is 37.4. The molecule has 0 radical (unpaired) electrons. The van der Waals surface area contributed by atoms with E-state index >= 15 is 0 Å². The van der Waals surface area contributed by atoms with Crippen molar-refractivity contribution in [2.45, 2.75) is 6.54 Å². The van der Waals surface area contributed by atoms with Crippen LogP contribution in [0.2, 0.25) is 0 Å². The SMILES string of the molecule is N/C(=C\C(=N/Cc1ccccc1)c1ccc(-n2c3ccccc3c3ccc(-c4cccc5c4oc4ccccc45)cc32)cc1)c1ccc(-c2cccnc2)cc1. The van der Waals surface area contributed by atoms with Crippen molar-refractivity contribution >= 4 is 55.2 Å². The van der Waals surface area contributed by atoms with Crippen molar-refractivity contribution in [3.63, 3.8) is 0 Å². The summed E-state index contributed by atoms with van der Waals surface area (Å²) in [6.45, 7) is 0.537. The highest BCUT2D eigenvalue weighted by molar-refractivity contribution is 6.14. The van der Waals surface area contributed by atoms with Crippen molar-refractivity contribution < 1.29 is 4.42 Å². The molecule has 0 atom stereocenters. The Balaban J connectivity index is 1.05. The maximum absolute atomic E-state index is 6.80. The molecule has 2 N–H and O–H groups in total. The number of aliphatic imine (C=N–C) groups is 1. The van der Waals surface area contributed by atoms with Gasteiger partial charge in [0.1, 0.15) is 11.2 Å². The van der Waals surface area contributed by atoms with Crippen molar-refractivity contribution in [3.05, 3.63) is 211 Å². The van der Waals surface area contributed by atoms with Crippen molar-refractivity contribution in [3.8, 4) is 27.9 Å². The second kappa shape index (κ2) is 14.0. The van der Waals surface area contributed by atoms with Gasteiger partial charge in [-0.3, -0.25) is 9.98 Å². The summed E-state index contributed by atoms with van der Waals surface area (Å²) < 4.78 is 8.81. The predicted molar refractivity (Wildman–Crippen MR) is 232 cm³/mol. The molecule has 0 saturated heterocycles. The van der Waals surface area contributed by atoms with E-state index in [9.17, 15) is 0 Å². The van der Waals surface area contributed by atoms with Gasteiger partial charge in [-0.15, -0.1) is 0 Å². The highest BCUT2D eigenvalue weighted by Crippen LogP contribution is 2.39. The monoisotopic (exact) mass is 720 g/mol. The molecule has 0 aliphatic heterocycles. The van der Waals surface area contributed by atoms with Gasteiger partial charge in [-0.05, 0) is 75.9 Å². The summed E-state index contributed by atoms with van der Waals surface area (Å²) in [5.74, 6) is 0. The molecule has 7 aromatic carbocycles. The normalized spacial score (nSPS) is 12.3. The van der Waals surface area contributed by atoms with Crippen LogP contribution < -0.4 is 5.73 Å². The first-order valence-corrected chi connectivity index (χ1v) is 18.8. The van der Waals surface area contributed by atoms with Crippen LogP contribution in [0, 0.1) is 0 Å². The van der Waals surface area contributed by atoms with Gasteiger partial charge in [0, 0.05) is 50.9 Å². The van der Waals surface area contributed by atoms with Crippen LogP contribution in [0.1, 0.15) is 16.7 Å². The third-order valence-corrected chi connectivity index (χ3v) is 10.6. The number of nitrogens with zero attached hydrogens (tertiary/aromatic N) is 3. The van der Waals surface area contributed by atoms with Crippen LogP contribution in [-0.2, 0) is 6.54 Å². The fourth-order valence-electron chi connectivity index (χ4n) is 7.77. The molecular weight excluding hydrogens is 685 g/mol. The molecule has 3 heterocycles. The van der Waals surface area contributed by atoms with Crippen LogP contribution in [0.5, 0.6) is 0 Å². The van der Waals surface area contributed by atoms with Gasteiger partial charge >= 0.3 is 0 Å². The van der Waals surface area contributed by atoms with E-state index in [0.29, 0.717) is 12.2 Å². The van der Waals surface area contributed by atoms with E-state index in [1.165, 1.54) is 10.8 Å². The first kappa shape index (κ1) is 33.1. The molecule has 0 amide bonds. The van der Waals surface area contributed by atoms with E-state index in [1.807, 2.05) is 48.7 Å². The van der Waals surface area contributed by atoms with Crippen LogP contribution in [-0.4, -0.2) is 15.3 Å². The number of hydrogen-bond acceptors (Lipinski definition) is 4. The molecular formula is C51H36N4O. The smallest absolute Gasteiger partial charge is 0.143 e. The predicted octanol–water partition coefficient (Wildman–Crippen LogP) is 12.4. The Morgan fingerprint density at radius 3 is 2.12 bits per heavy atom. The molecule has 0 bridgehead atoms. The number of aromatic nitrogens is 2. The summed E-state index contributed by atoms with van der Waals surface area (Å²) in [7, 11) is 0. The summed E-state index contributed by atoms with van der Waals surface area (Å²) in [5, 5.41) is 4.65. The number of para-hydroxylation sites is 3. The fourth-order valence-corrected chi connectivity index (χ4v) is 7.77.